The zero-order chi connectivity index (χ0) is 10.8. The lowest BCUT2D eigenvalue weighted by molar-refractivity contribution is 0.359. The minimum Gasteiger partial charge on any atom is -0.488 e. The molecule has 3 heteroatoms. The molecule has 0 bridgehead atoms. The van der Waals surface area contributed by atoms with Gasteiger partial charge in [-0.3, -0.25) is 0 Å². The number of halogens is 1. The van der Waals surface area contributed by atoms with Crippen molar-refractivity contribution >= 4 is 11.6 Å². The Kier molecular flexibility index (Phi) is 2.98. The van der Waals surface area contributed by atoms with Gasteiger partial charge in [0.15, 0.2) is 0 Å². The van der Waals surface area contributed by atoms with Gasteiger partial charge < -0.3 is 10.5 Å². The molecule has 0 saturated carbocycles. The highest BCUT2D eigenvalue weighted by Gasteiger charge is 2.18. The summed E-state index contributed by atoms with van der Waals surface area (Å²) in [6.07, 6.45) is 2.07. The number of aryl methyl sites for hydroxylation is 1. The normalized spacial score (nSPS) is 18.7. The quantitative estimate of drug-likeness (QED) is 0.855. The maximum absolute atomic E-state index is 5.94. The van der Waals surface area contributed by atoms with E-state index in [2.05, 4.69) is 6.58 Å². The Labute approximate surface area is 94.7 Å². The fraction of sp³-hybridized carbons (Fsp3) is 0.333. The highest BCUT2D eigenvalue weighted by Crippen LogP contribution is 2.31. The van der Waals surface area contributed by atoms with Gasteiger partial charge in [0.2, 0.25) is 0 Å². The van der Waals surface area contributed by atoms with Crippen LogP contribution >= 0.6 is 11.6 Å². The van der Waals surface area contributed by atoms with Gasteiger partial charge >= 0.3 is 0 Å². The molecule has 0 saturated heterocycles. The van der Waals surface area contributed by atoms with Crippen molar-refractivity contribution in [3.05, 3.63) is 40.9 Å². The number of nitrogens with two attached hydrogens (primary N) is 1. The molecule has 80 valence electrons. The third kappa shape index (κ3) is 2.33. The van der Waals surface area contributed by atoms with E-state index in [0.29, 0.717) is 11.6 Å². The molecule has 2 rings (SSSR count). The Morgan fingerprint density at radius 2 is 2.40 bits per heavy atom. The first-order valence-electron chi connectivity index (χ1n) is 5.01. The molecule has 0 spiro atoms. The fourth-order valence-electron chi connectivity index (χ4n) is 1.88. The number of rotatable bonds is 3. The van der Waals surface area contributed by atoms with Crippen molar-refractivity contribution in [1.82, 2.24) is 0 Å². The van der Waals surface area contributed by atoms with E-state index in [1.807, 2.05) is 18.2 Å². The van der Waals surface area contributed by atoms with Crippen LogP contribution in [0.4, 0.5) is 0 Å². The van der Waals surface area contributed by atoms with Crippen molar-refractivity contribution < 1.29 is 4.74 Å². The summed E-state index contributed by atoms with van der Waals surface area (Å²) < 4.78 is 5.46. The molecule has 1 aliphatic rings. The molecule has 0 unspecified atom stereocenters. The van der Waals surface area contributed by atoms with Crippen LogP contribution in [0, 0.1) is 0 Å². The van der Waals surface area contributed by atoms with Crippen LogP contribution < -0.4 is 10.5 Å². The van der Waals surface area contributed by atoms with Crippen LogP contribution in [-0.4, -0.2) is 6.61 Å². The minimum atomic E-state index is 0.192. The van der Waals surface area contributed by atoms with Crippen molar-refractivity contribution in [3.63, 3.8) is 0 Å². The molecule has 1 aromatic rings. The van der Waals surface area contributed by atoms with Crippen LogP contribution in [0.25, 0.3) is 0 Å². The summed E-state index contributed by atoms with van der Waals surface area (Å²) >= 11 is 5.63. The van der Waals surface area contributed by atoms with E-state index >= 15 is 0 Å². The molecule has 0 aromatic heterocycles. The van der Waals surface area contributed by atoms with Gasteiger partial charge in [-0.2, -0.15) is 0 Å². The molecule has 1 aromatic carbocycles. The predicted octanol–water partition coefficient (Wildman–Crippen LogP) is 2.76. The van der Waals surface area contributed by atoms with Crippen LogP contribution in [0.2, 0.25) is 0 Å². The highest BCUT2D eigenvalue weighted by molar-refractivity contribution is 6.29. The Balaban J connectivity index is 2.12. The zero-order valence-corrected chi connectivity index (χ0v) is 9.26. The molecule has 1 atom stereocenters. The first-order chi connectivity index (χ1) is 7.16. The average Bonchev–Trinajstić information content (AvgIpc) is 2.57. The standard InChI is InChI=1S/C12H14ClNO/c1-8(13)7-15-10-3-4-11-9(6-10)2-5-12(11)14/h3-4,6,12H,1-2,5,7,14H2/t12-/m1/s1. The highest BCUT2D eigenvalue weighted by atomic mass is 35.5. The number of hydrogen-bond acceptors (Lipinski definition) is 2. The van der Waals surface area contributed by atoms with Crippen molar-refractivity contribution in [1.29, 1.82) is 0 Å². The summed E-state index contributed by atoms with van der Waals surface area (Å²) in [5.74, 6) is 0.838. The maximum atomic E-state index is 5.94. The SMILES string of the molecule is C=C(Cl)COc1ccc2c(c1)CC[C@H]2N. The monoisotopic (exact) mass is 223 g/mol. The zero-order valence-electron chi connectivity index (χ0n) is 8.50. The lowest BCUT2D eigenvalue weighted by Gasteiger charge is -2.08. The lowest BCUT2D eigenvalue weighted by atomic mass is 10.1. The first-order valence-corrected chi connectivity index (χ1v) is 5.39. The topological polar surface area (TPSA) is 35.2 Å². The summed E-state index contributed by atoms with van der Waals surface area (Å²) in [4.78, 5) is 0. The van der Waals surface area contributed by atoms with Crippen molar-refractivity contribution in [3.8, 4) is 5.75 Å². The van der Waals surface area contributed by atoms with Crippen molar-refractivity contribution in [2.24, 2.45) is 5.73 Å². The van der Waals surface area contributed by atoms with Crippen molar-refractivity contribution in [2.45, 2.75) is 18.9 Å². The van der Waals surface area contributed by atoms with E-state index in [4.69, 9.17) is 22.1 Å². The third-order valence-corrected chi connectivity index (χ3v) is 2.74. The summed E-state index contributed by atoms with van der Waals surface area (Å²) in [5, 5.41) is 0.507. The second-order valence-electron chi connectivity index (χ2n) is 3.81. The Morgan fingerprint density at radius 3 is 3.13 bits per heavy atom. The molecule has 0 heterocycles. The van der Waals surface area contributed by atoms with E-state index < -0.39 is 0 Å². The molecule has 0 radical (unpaired) electrons. The second kappa shape index (κ2) is 4.25. The Morgan fingerprint density at radius 1 is 1.60 bits per heavy atom. The predicted molar refractivity (Wildman–Crippen MR) is 62.2 cm³/mol. The molecule has 1 aliphatic carbocycles. The van der Waals surface area contributed by atoms with Gasteiger partial charge in [-0.25, -0.2) is 0 Å². The molecule has 0 aliphatic heterocycles. The van der Waals surface area contributed by atoms with Gasteiger partial charge in [0.1, 0.15) is 12.4 Å². The summed E-state index contributed by atoms with van der Waals surface area (Å²) in [7, 11) is 0. The Hall–Kier alpha value is -0.990. The van der Waals surface area contributed by atoms with Crippen LogP contribution in [0.3, 0.4) is 0 Å². The Bertz CT molecular complexity index is 389. The van der Waals surface area contributed by atoms with Gasteiger partial charge in [-0.05, 0) is 36.1 Å². The van der Waals surface area contributed by atoms with E-state index in [1.165, 1.54) is 11.1 Å². The molecule has 2 N–H and O–H groups in total. The summed E-state index contributed by atoms with van der Waals surface area (Å²) in [6.45, 7) is 3.93. The minimum absolute atomic E-state index is 0.192. The fourth-order valence-corrected chi connectivity index (χ4v) is 1.93. The molecule has 0 amide bonds. The van der Waals surface area contributed by atoms with Gasteiger partial charge in [0, 0.05) is 11.1 Å². The number of hydrogen-bond donors (Lipinski definition) is 1. The van der Waals surface area contributed by atoms with Crippen LogP contribution in [-0.2, 0) is 6.42 Å². The molecule has 15 heavy (non-hydrogen) atoms. The molecular formula is C12H14ClNO. The number of benzene rings is 1. The van der Waals surface area contributed by atoms with Crippen LogP contribution in [0.5, 0.6) is 5.75 Å². The third-order valence-electron chi connectivity index (χ3n) is 2.63. The average molecular weight is 224 g/mol. The largest absolute Gasteiger partial charge is 0.488 e. The van der Waals surface area contributed by atoms with Gasteiger partial charge in [-0.15, -0.1) is 0 Å². The number of ether oxygens (including phenoxy) is 1. The summed E-state index contributed by atoms with van der Waals surface area (Å²) in [6, 6.07) is 6.21. The van der Waals surface area contributed by atoms with E-state index in [0.717, 1.165) is 18.6 Å². The van der Waals surface area contributed by atoms with E-state index in [1.54, 1.807) is 0 Å². The summed E-state index contributed by atoms with van der Waals surface area (Å²) in [5.41, 5.74) is 8.48. The van der Waals surface area contributed by atoms with E-state index in [-0.39, 0.29) is 6.04 Å². The molecular weight excluding hydrogens is 210 g/mol. The van der Waals surface area contributed by atoms with Gasteiger partial charge in [-0.1, -0.05) is 24.2 Å². The smallest absolute Gasteiger partial charge is 0.123 e. The number of fused-ring (bicyclic) bond motifs is 1. The first kappa shape index (κ1) is 10.5. The second-order valence-corrected chi connectivity index (χ2v) is 4.35. The lowest BCUT2D eigenvalue weighted by Crippen LogP contribution is -2.05. The van der Waals surface area contributed by atoms with Crippen LogP contribution in [0.15, 0.2) is 29.8 Å². The molecule has 2 nitrogen and oxygen atoms in total. The van der Waals surface area contributed by atoms with Crippen LogP contribution in [0.1, 0.15) is 23.6 Å². The van der Waals surface area contributed by atoms with Crippen molar-refractivity contribution in [2.75, 3.05) is 6.61 Å². The van der Waals surface area contributed by atoms with E-state index in [9.17, 15) is 0 Å². The van der Waals surface area contributed by atoms with Gasteiger partial charge in [0.05, 0.1) is 0 Å². The van der Waals surface area contributed by atoms with Gasteiger partial charge in [0.25, 0.3) is 0 Å². The maximum Gasteiger partial charge on any atom is 0.123 e. The molecule has 0 fully saturated rings.